The summed E-state index contributed by atoms with van der Waals surface area (Å²) in [4.78, 5) is 0. The highest BCUT2D eigenvalue weighted by Crippen LogP contribution is 2.29. The van der Waals surface area contributed by atoms with Crippen molar-refractivity contribution >= 4 is 27.3 Å². The predicted octanol–water partition coefficient (Wildman–Crippen LogP) is 4.07. The summed E-state index contributed by atoms with van der Waals surface area (Å²) in [5.74, 6) is 0.712. The van der Waals surface area contributed by atoms with Crippen LogP contribution in [0.25, 0.3) is 0 Å². The molecule has 0 spiro atoms. The number of methoxy groups -OCH3 is 1. The van der Waals surface area contributed by atoms with Gasteiger partial charge in [0.05, 0.1) is 24.0 Å². The third-order valence-electron chi connectivity index (χ3n) is 2.49. The summed E-state index contributed by atoms with van der Waals surface area (Å²) in [5, 5.41) is 12.3. The fourth-order valence-corrected chi connectivity index (χ4v) is 1.94. The largest absolute Gasteiger partial charge is 0.497 e. The zero-order valence-corrected chi connectivity index (χ0v) is 11.4. The maximum absolute atomic E-state index is 9.09. The maximum Gasteiger partial charge on any atom is 0.121 e. The van der Waals surface area contributed by atoms with Gasteiger partial charge in [-0.15, -0.1) is 0 Å². The fraction of sp³-hybridized carbons (Fsp3) is 0.0714. The number of rotatable bonds is 3. The summed E-state index contributed by atoms with van der Waals surface area (Å²) < 4.78 is 6.10. The average Bonchev–Trinajstić information content (AvgIpc) is 2.41. The predicted molar refractivity (Wildman–Crippen MR) is 75.1 cm³/mol. The molecule has 0 radical (unpaired) electrons. The van der Waals surface area contributed by atoms with E-state index in [-0.39, 0.29) is 0 Å². The monoisotopic (exact) mass is 302 g/mol. The molecule has 18 heavy (non-hydrogen) atoms. The van der Waals surface area contributed by atoms with E-state index in [0.29, 0.717) is 11.3 Å². The van der Waals surface area contributed by atoms with Gasteiger partial charge in [-0.2, -0.15) is 5.26 Å². The van der Waals surface area contributed by atoms with Crippen LogP contribution >= 0.6 is 15.9 Å². The van der Waals surface area contributed by atoms with Gasteiger partial charge in [0.2, 0.25) is 0 Å². The van der Waals surface area contributed by atoms with Gasteiger partial charge in [-0.05, 0) is 40.2 Å². The molecule has 2 aromatic carbocycles. The van der Waals surface area contributed by atoms with Crippen LogP contribution in [0, 0.1) is 11.3 Å². The SMILES string of the molecule is COc1ccc(C#N)c(Nc2ccccc2Br)c1. The minimum absolute atomic E-state index is 0.576. The first-order valence-corrected chi connectivity index (χ1v) is 6.13. The van der Waals surface area contributed by atoms with Crippen LogP contribution in [0.2, 0.25) is 0 Å². The normalized spacial score (nSPS) is 9.61. The number of nitrogens with one attached hydrogen (secondary N) is 1. The number of hydrogen-bond donors (Lipinski definition) is 1. The van der Waals surface area contributed by atoms with E-state index in [4.69, 9.17) is 10.00 Å². The Labute approximate surface area is 114 Å². The van der Waals surface area contributed by atoms with Crippen molar-refractivity contribution in [2.75, 3.05) is 12.4 Å². The number of para-hydroxylation sites is 1. The lowest BCUT2D eigenvalue weighted by Gasteiger charge is -2.11. The van der Waals surface area contributed by atoms with Gasteiger partial charge in [0.25, 0.3) is 0 Å². The maximum atomic E-state index is 9.09. The number of ether oxygens (including phenoxy) is 1. The quantitative estimate of drug-likeness (QED) is 0.929. The summed E-state index contributed by atoms with van der Waals surface area (Å²) in [6, 6.07) is 15.2. The Kier molecular flexibility index (Phi) is 3.85. The first-order valence-electron chi connectivity index (χ1n) is 5.34. The van der Waals surface area contributed by atoms with E-state index in [1.807, 2.05) is 24.3 Å². The molecule has 0 heterocycles. The van der Waals surface area contributed by atoms with Crippen LogP contribution in [-0.2, 0) is 0 Å². The Hall–Kier alpha value is -1.99. The van der Waals surface area contributed by atoms with E-state index in [2.05, 4.69) is 27.3 Å². The van der Waals surface area contributed by atoms with Crippen LogP contribution < -0.4 is 10.1 Å². The van der Waals surface area contributed by atoms with Gasteiger partial charge in [0.15, 0.2) is 0 Å². The number of anilines is 2. The summed E-state index contributed by atoms with van der Waals surface area (Å²) in [6.45, 7) is 0. The highest BCUT2D eigenvalue weighted by molar-refractivity contribution is 9.10. The molecule has 0 unspecified atom stereocenters. The van der Waals surface area contributed by atoms with Crippen molar-refractivity contribution in [1.82, 2.24) is 0 Å². The summed E-state index contributed by atoms with van der Waals surface area (Å²) in [6.07, 6.45) is 0. The highest BCUT2D eigenvalue weighted by Gasteiger charge is 2.06. The third kappa shape index (κ3) is 2.63. The van der Waals surface area contributed by atoms with Crippen LogP contribution in [0.4, 0.5) is 11.4 Å². The lowest BCUT2D eigenvalue weighted by Crippen LogP contribution is -1.95. The van der Waals surface area contributed by atoms with E-state index in [9.17, 15) is 0 Å². The zero-order valence-electron chi connectivity index (χ0n) is 9.77. The molecule has 4 heteroatoms. The number of hydrogen-bond acceptors (Lipinski definition) is 3. The molecule has 0 saturated carbocycles. The second kappa shape index (κ2) is 5.56. The van der Waals surface area contributed by atoms with Crippen molar-refractivity contribution in [3.63, 3.8) is 0 Å². The van der Waals surface area contributed by atoms with Crippen LogP contribution in [0.5, 0.6) is 5.75 Å². The van der Waals surface area contributed by atoms with Crippen molar-refractivity contribution < 1.29 is 4.74 Å². The molecule has 2 rings (SSSR count). The first-order chi connectivity index (χ1) is 8.74. The molecule has 0 amide bonds. The first kappa shape index (κ1) is 12.5. The molecule has 0 bridgehead atoms. The Morgan fingerprint density at radius 1 is 1.17 bits per heavy atom. The molecular weight excluding hydrogens is 292 g/mol. The van der Waals surface area contributed by atoms with Crippen molar-refractivity contribution in [3.05, 3.63) is 52.5 Å². The van der Waals surface area contributed by atoms with Crippen LogP contribution in [-0.4, -0.2) is 7.11 Å². The Morgan fingerprint density at radius 3 is 2.61 bits per heavy atom. The summed E-state index contributed by atoms with van der Waals surface area (Å²) >= 11 is 3.46. The minimum Gasteiger partial charge on any atom is -0.497 e. The van der Waals surface area contributed by atoms with E-state index >= 15 is 0 Å². The standard InChI is InChI=1S/C14H11BrN2O/c1-18-11-7-6-10(9-16)14(8-11)17-13-5-3-2-4-12(13)15/h2-8,17H,1H3. The van der Waals surface area contributed by atoms with Gasteiger partial charge in [-0.1, -0.05) is 12.1 Å². The number of nitriles is 1. The minimum atomic E-state index is 0.576. The van der Waals surface area contributed by atoms with Gasteiger partial charge in [0.1, 0.15) is 11.8 Å². The van der Waals surface area contributed by atoms with Crippen molar-refractivity contribution in [1.29, 1.82) is 5.26 Å². The van der Waals surface area contributed by atoms with Gasteiger partial charge in [0, 0.05) is 10.5 Å². The van der Waals surface area contributed by atoms with Crippen LogP contribution in [0.15, 0.2) is 46.9 Å². The second-order valence-electron chi connectivity index (χ2n) is 3.63. The van der Waals surface area contributed by atoms with Crippen LogP contribution in [0.1, 0.15) is 5.56 Å². The number of benzene rings is 2. The van der Waals surface area contributed by atoms with Gasteiger partial charge in [-0.3, -0.25) is 0 Å². The van der Waals surface area contributed by atoms with Crippen molar-refractivity contribution in [2.24, 2.45) is 0 Å². The van der Waals surface area contributed by atoms with Gasteiger partial charge >= 0.3 is 0 Å². The lowest BCUT2D eigenvalue weighted by molar-refractivity contribution is 0.415. The summed E-state index contributed by atoms with van der Waals surface area (Å²) in [5.41, 5.74) is 2.21. The number of halogens is 1. The molecule has 1 N–H and O–H groups in total. The third-order valence-corrected chi connectivity index (χ3v) is 3.18. The van der Waals surface area contributed by atoms with Gasteiger partial charge < -0.3 is 10.1 Å². The average molecular weight is 303 g/mol. The van der Waals surface area contributed by atoms with Crippen molar-refractivity contribution in [2.45, 2.75) is 0 Å². The Balaban J connectivity index is 2.39. The Morgan fingerprint density at radius 2 is 1.94 bits per heavy atom. The topological polar surface area (TPSA) is 45.0 Å². The molecule has 0 aliphatic rings. The molecule has 90 valence electrons. The highest BCUT2D eigenvalue weighted by atomic mass is 79.9. The van der Waals surface area contributed by atoms with E-state index in [1.54, 1.807) is 25.3 Å². The molecule has 3 nitrogen and oxygen atoms in total. The molecular formula is C14H11BrN2O. The zero-order chi connectivity index (χ0) is 13.0. The fourth-order valence-electron chi connectivity index (χ4n) is 1.56. The lowest BCUT2D eigenvalue weighted by atomic mass is 10.1. The molecule has 0 saturated heterocycles. The van der Waals surface area contributed by atoms with Crippen LogP contribution in [0.3, 0.4) is 0 Å². The van der Waals surface area contributed by atoms with Crippen molar-refractivity contribution in [3.8, 4) is 11.8 Å². The van der Waals surface area contributed by atoms with E-state index < -0.39 is 0 Å². The second-order valence-corrected chi connectivity index (χ2v) is 4.48. The number of nitrogens with zero attached hydrogens (tertiary/aromatic N) is 1. The molecule has 2 aromatic rings. The smallest absolute Gasteiger partial charge is 0.121 e. The molecule has 0 atom stereocenters. The molecule has 0 aromatic heterocycles. The van der Waals surface area contributed by atoms with E-state index in [1.165, 1.54) is 0 Å². The molecule has 0 fully saturated rings. The van der Waals surface area contributed by atoms with E-state index in [0.717, 1.165) is 15.8 Å². The van der Waals surface area contributed by atoms with Gasteiger partial charge in [-0.25, -0.2) is 0 Å². The molecule has 0 aliphatic carbocycles. The molecule has 0 aliphatic heterocycles. The Bertz CT molecular complexity index is 605. The summed E-state index contributed by atoms with van der Waals surface area (Å²) in [7, 11) is 1.60.